The number of nitrogens with zero attached hydrogens (tertiary/aromatic N) is 2. The van der Waals surface area contributed by atoms with Gasteiger partial charge in [-0.2, -0.15) is 0 Å². The van der Waals surface area contributed by atoms with E-state index < -0.39 is 0 Å². The fraction of sp³-hybridized carbons (Fsp3) is 0.286. The Morgan fingerprint density at radius 3 is 2.58 bits per heavy atom. The van der Waals surface area contributed by atoms with Crippen molar-refractivity contribution >= 4 is 10.9 Å². The van der Waals surface area contributed by atoms with Gasteiger partial charge < -0.3 is 9.47 Å². The number of rotatable bonds is 2. The average molecular weight is 318 g/mol. The Morgan fingerprint density at radius 2 is 1.79 bits per heavy atom. The normalized spacial score (nSPS) is 14.8. The Balaban J connectivity index is 1.94. The van der Waals surface area contributed by atoms with E-state index in [2.05, 4.69) is 53.8 Å². The molecule has 0 unspecified atom stereocenters. The molecule has 3 aromatic rings. The third-order valence-electron chi connectivity index (χ3n) is 5.01. The van der Waals surface area contributed by atoms with Crippen LogP contribution in [0.2, 0.25) is 0 Å². The van der Waals surface area contributed by atoms with E-state index in [1.807, 2.05) is 18.2 Å². The molecule has 3 heteroatoms. The van der Waals surface area contributed by atoms with Gasteiger partial charge in [-0.1, -0.05) is 42.0 Å². The molecule has 0 spiro atoms. The van der Waals surface area contributed by atoms with Crippen LogP contribution in [-0.4, -0.2) is 23.1 Å². The first-order chi connectivity index (χ1) is 11.6. The summed E-state index contributed by atoms with van der Waals surface area (Å²) in [6, 6.07) is 16.7. The summed E-state index contributed by atoms with van der Waals surface area (Å²) in [4.78, 5) is 15.2. The Hall–Kier alpha value is -2.39. The molecule has 0 aliphatic carbocycles. The van der Waals surface area contributed by atoms with Gasteiger partial charge in [0.05, 0.1) is 5.52 Å². The number of benzene rings is 2. The smallest absolute Gasteiger partial charge is 0.194 e. The highest BCUT2D eigenvalue weighted by atomic mass is 16.1. The number of para-hydroxylation sites is 1. The summed E-state index contributed by atoms with van der Waals surface area (Å²) in [6.45, 7) is 4.66. The van der Waals surface area contributed by atoms with Gasteiger partial charge in [0.1, 0.15) is 0 Å². The molecule has 0 amide bonds. The van der Waals surface area contributed by atoms with Gasteiger partial charge in [-0.05, 0) is 31.7 Å². The molecule has 0 radical (unpaired) electrons. The molecule has 1 aliphatic rings. The minimum Gasteiger partial charge on any atom is -0.340 e. The van der Waals surface area contributed by atoms with Crippen LogP contribution >= 0.6 is 0 Å². The van der Waals surface area contributed by atoms with Gasteiger partial charge in [-0.25, -0.2) is 0 Å². The van der Waals surface area contributed by atoms with Gasteiger partial charge >= 0.3 is 0 Å². The summed E-state index contributed by atoms with van der Waals surface area (Å²) in [7, 11) is 2.09. The average Bonchev–Trinajstić information content (AvgIpc) is 2.60. The number of likely N-dealkylation sites (N-methyl/N-ethyl adjacent to an activating group) is 1. The minimum atomic E-state index is 0.201. The van der Waals surface area contributed by atoms with Crippen LogP contribution in [0.3, 0.4) is 0 Å². The van der Waals surface area contributed by atoms with Gasteiger partial charge in [-0.15, -0.1) is 0 Å². The minimum absolute atomic E-state index is 0.201. The van der Waals surface area contributed by atoms with Crippen molar-refractivity contribution in [2.24, 2.45) is 0 Å². The summed E-state index contributed by atoms with van der Waals surface area (Å²) in [5.41, 5.74) is 5.97. The highest BCUT2D eigenvalue weighted by Gasteiger charge is 2.21. The zero-order chi connectivity index (χ0) is 16.7. The van der Waals surface area contributed by atoms with Crippen LogP contribution in [0.4, 0.5) is 0 Å². The Bertz CT molecular complexity index is 954. The molecular weight excluding hydrogens is 296 g/mol. The van der Waals surface area contributed by atoms with Crippen molar-refractivity contribution < 1.29 is 0 Å². The number of aromatic nitrogens is 1. The van der Waals surface area contributed by atoms with Crippen LogP contribution in [-0.2, 0) is 19.5 Å². The van der Waals surface area contributed by atoms with Gasteiger partial charge in [0, 0.05) is 42.7 Å². The maximum atomic E-state index is 12.9. The van der Waals surface area contributed by atoms with E-state index >= 15 is 0 Å². The molecule has 0 saturated heterocycles. The highest BCUT2D eigenvalue weighted by Crippen LogP contribution is 2.22. The molecule has 0 fully saturated rings. The number of aryl methyl sites for hydroxylation is 1. The van der Waals surface area contributed by atoms with Crippen LogP contribution in [0.1, 0.15) is 22.4 Å². The molecule has 24 heavy (non-hydrogen) atoms. The molecule has 1 aromatic heterocycles. The van der Waals surface area contributed by atoms with Crippen molar-refractivity contribution in [2.45, 2.75) is 26.4 Å². The fourth-order valence-electron chi connectivity index (χ4n) is 3.65. The van der Waals surface area contributed by atoms with Crippen molar-refractivity contribution in [3.8, 4) is 0 Å². The standard InChI is InChI=1S/C21H22N2O/c1-15-7-9-16(10-8-15)13-23-19-6-4-3-5-17(19)21(24)18-14-22(2)12-11-20(18)23/h3-10H,11-14H2,1-2H3. The Kier molecular flexibility index (Phi) is 3.73. The number of hydrogen-bond donors (Lipinski definition) is 0. The van der Waals surface area contributed by atoms with E-state index in [-0.39, 0.29) is 5.43 Å². The Morgan fingerprint density at radius 1 is 1.04 bits per heavy atom. The number of hydrogen-bond acceptors (Lipinski definition) is 2. The molecule has 2 heterocycles. The predicted molar refractivity (Wildman–Crippen MR) is 98.5 cm³/mol. The van der Waals surface area contributed by atoms with Crippen LogP contribution in [0.15, 0.2) is 53.3 Å². The lowest BCUT2D eigenvalue weighted by molar-refractivity contribution is 0.305. The van der Waals surface area contributed by atoms with E-state index in [1.165, 1.54) is 16.8 Å². The van der Waals surface area contributed by atoms with Crippen molar-refractivity contribution in [3.63, 3.8) is 0 Å². The van der Waals surface area contributed by atoms with Crippen LogP contribution in [0.5, 0.6) is 0 Å². The lowest BCUT2D eigenvalue weighted by Crippen LogP contribution is -2.34. The molecular formula is C21H22N2O. The summed E-state index contributed by atoms with van der Waals surface area (Å²) >= 11 is 0. The van der Waals surface area contributed by atoms with Crippen LogP contribution < -0.4 is 5.43 Å². The van der Waals surface area contributed by atoms with Gasteiger partial charge in [0.15, 0.2) is 5.43 Å². The first-order valence-corrected chi connectivity index (χ1v) is 8.51. The maximum Gasteiger partial charge on any atom is 0.194 e. The van der Waals surface area contributed by atoms with Gasteiger partial charge in [-0.3, -0.25) is 4.79 Å². The van der Waals surface area contributed by atoms with Gasteiger partial charge in [0.25, 0.3) is 0 Å². The largest absolute Gasteiger partial charge is 0.340 e. The maximum absolute atomic E-state index is 12.9. The number of fused-ring (bicyclic) bond motifs is 2. The van der Waals surface area contributed by atoms with Crippen molar-refractivity contribution in [2.75, 3.05) is 13.6 Å². The highest BCUT2D eigenvalue weighted by molar-refractivity contribution is 5.80. The molecule has 0 saturated carbocycles. The zero-order valence-corrected chi connectivity index (χ0v) is 14.2. The summed E-state index contributed by atoms with van der Waals surface area (Å²) in [6.07, 6.45) is 0.928. The van der Waals surface area contributed by atoms with Crippen LogP contribution in [0.25, 0.3) is 10.9 Å². The van der Waals surface area contributed by atoms with Crippen LogP contribution in [0, 0.1) is 6.92 Å². The quantitative estimate of drug-likeness (QED) is 0.724. The molecule has 1 aliphatic heterocycles. The summed E-state index contributed by atoms with van der Waals surface area (Å²) in [5, 5.41) is 0.832. The SMILES string of the molecule is Cc1ccc(Cn2c3c(c(=O)c4ccccc42)CN(C)CC3)cc1. The molecule has 4 rings (SSSR count). The predicted octanol–water partition coefficient (Wildman–Crippen LogP) is 3.35. The lowest BCUT2D eigenvalue weighted by Gasteiger charge is -2.28. The van der Waals surface area contributed by atoms with Crippen molar-refractivity contribution in [1.29, 1.82) is 0 Å². The molecule has 0 atom stereocenters. The van der Waals surface area contributed by atoms with E-state index in [4.69, 9.17) is 0 Å². The van der Waals surface area contributed by atoms with E-state index in [0.717, 1.165) is 42.5 Å². The van der Waals surface area contributed by atoms with Crippen molar-refractivity contribution in [1.82, 2.24) is 9.47 Å². The van der Waals surface area contributed by atoms with Crippen molar-refractivity contribution in [3.05, 3.63) is 81.1 Å². The van der Waals surface area contributed by atoms with E-state index in [1.54, 1.807) is 0 Å². The molecule has 3 nitrogen and oxygen atoms in total. The van der Waals surface area contributed by atoms with E-state index in [9.17, 15) is 4.79 Å². The summed E-state index contributed by atoms with van der Waals surface area (Å²) < 4.78 is 2.35. The zero-order valence-electron chi connectivity index (χ0n) is 14.2. The first kappa shape index (κ1) is 15.2. The summed E-state index contributed by atoms with van der Waals surface area (Å²) in [5.74, 6) is 0. The lowest BCUT2D eigenvalue weighted by atomic mass is 10.0. The topological polar surface area (TPSA) is 25.2 Å². The first-order valence-electron chi connectivity index (χ1n) is 8.51. The van der Waals surface area contributed by atoms with Gasteiger partial charge in [0.2, 0.25) is 0 Å². The second-order valence-electron chi connectivity index (χ2n) is 6.83. The molecule has 0 bridgehead atoms. The second kappa shape index (κ2) is 5.91. The fourth-order valence-corrected chi connectivity index (χ4v) is 3.65. The molecule has 2 aromatic carbocycles. The third-order valence-corrected chi connectivity index (χ3v) is 5.01. The third kappa shape index (κ3) is 2.55. The second-order valence-corrected chi connectivity index (χ2v) is 6.83. The molecule has 0 N–H and O–H groups in total. The monoisotopic (exact) mass is 318 g/mol. The van der Waals surface area contributed by atoms with E-state index in [0.29, 0.717) is 0 Å². The Labute approximate surface area is 142 Å². The molecule has 122 valence electrons. The number of pyridine rings is 1.